The highest BCUT2D eigenvalue weighted by atomic mass is 16.4. The maximum Gasteiger partial charge on any atom is 0.358 e. The first-order valence-corrected chi connectivity index (χ1v) is 3.72. The van der Waals surface area contributed by atoms with E-state index in [-0.39, 0.29) is 17.4 Å². The summed E-state index contributed by atoms with van der Waals surface area (Å²) in [6, 6.07) is 0.00796. The molecule has 1 aromatic heterocycles. The van der Waals surface area contributed by atoms with E-state index in [4.69, 9.17) is 5.11 Å². The minimum atomic E-state index is -1.24. The van der Waals surface area contributed by atoms with Gasteiger partial charge in [0, 0.05) is 6.04 Å². The van der Waals surface area contributed by atoms with Gasteiger partial charge in [-0.1, -0.05) is 0 Å². The van der Waals surface area contributed by atoms with Gasteiger partial charge in [0.1, 0.15) is 0 Å². The third kappa shape index (κ3) is 1.71. The number of aromatic carboxylic acids is 1. The average Bonchev–Trinajstić information content (AvgIpc) is 2.47. The van der Waals surface area contributed by atoms with E-state index in [9.17, 15) is 9.70 Å². The summed E-state index contributed by atoms with van der Waals surface area (Å²) < 4.78 is 1.39. The Balaban J connectivity index is 3.19. The number of carboxylic acids is 1. The zero-order valence-corrected chi connectivity index (χ0v) is 7.26. The van der Waals surface area contributed by atoms with Gasteiger partial charge >= 0.3 is 5.97 Å². The van der Waals surface area contributed by atoms with E-state index < -0.39 is 5.97 Å². The molecule has 0 atom stereocenters. The van der Waals surface area contributed by atoms with Crippen molar-refractivity contribution >= 4 is 11.7 Å². The Morgan fingerprint density at radius 2 is 2.31 bits per heavy atom. The van der Waals surface area contributed by atoms with Crippen molar-refractivity contribution in [3.05, 3.63) is 16.8 Å². The number of nitrogens with zero attached hydrogens (tertiary/aromatic N) is 3. The number of hydrogen-bond acceptors (Lipinski definition) is 4. The largest absolute Gasteiger partial charge is 0.476 e. The fourth-order valence-corrected chi connectivity index (χ4v) is 0.866. The highest BCUT2D eigenvalue weighted by Crippen LogP contribution is 2.19. The zero-order valence-electron chi connectivity index (χ0n) is 7.26. The highest BCUT2D eigenvalue weighted by molar-refractivity contribution is 5.90. The van der Waals surface area contributed by atoms with Crippen LogP contribution in [-0.4, -0.2) is 20.9 Å². The van der Waals surface area contributed by atoms with Crippen molar-refractivity contribution in [2.75, 3.05) is 0 Å². The van der Waals surface area contributed by atoms with E-state index in [1.54, 1.807) is 0 Å². The van der Waals surface area contributed by atoms with E-state index in [1.807, 2.05) is 13.8 Å². The topological polar surface area (TPSA) is 84.5 Å². The molecule has 0 aliphatic carbocycles. The normalized spacial score (nSPS) is 10.4. The van der Waals surface area contributed by atoms with Crippen LogP contribution in [0.25, 0.3) is 0 Å². The lowest BCUT2D eigenvalue weighted by Crippen LogP contribution is -2.04. The second kappa shape index (κ2) is 3.34. The first kappa shape index (κ1) is 9.37. The molecule has 0 saturated heterocycles. The molecule has 1 N–H and O–H groups in total. The molecule has 1 aromatic rings. The summed E-state index contributed by atoms with van der Waals surface area (Å²) in [6.07, 6.45) is 1.32. The molecule has 0 unspecified atom stereocenters. The van der Waals surface area contributed by atoms with Crippen LogP contribution in [0.4, 0.5) is 5.69 Å². The average molecular weight is 183 g/mol. The molecule has 0 radical (unpaired) electrons. The summed E-state index contributed by atoms with van der Waals surface area (Å²) in [5.41, 5.74) is -0.440. The van der Waals surface area contributed by atoms with Gasteiger partial charge in [-0.2, -0.15) is 5.10 Å². The minimum Gasteiger partial charge on any atom is -0.476 e. The van der Waals surface area contributed by atoms with Crippen LogP contribution in [-0.2, 0) is 0 Å². The van der Waals surface area contributed by atoms with E-state index in [0.29, 0.717) is 0 Å². The maximum atomic E-state index is 10.5. The fourth-order valence-electron chi connectivity index (χ4n) is 0.866. The second-order valence-electron chi connectivity index (χ2n) is 2.83. The predicted octanol–water partition coefficient (Wildman–Crippen LogP) is 1.56. The summed E-state index contributed by atoms with van der Waals surface area (Å²) in [5.74, 6) is -1.24. The van der Waals surface area contributed by atoms with Gasteiger partial charge in [-0.3, -0.25) is 4.68 Å². The second-order valence-corrected chi connectivity index (χ2v) is 2.83. The molecule has 13 heavy (non-hydrogen) atoms. The summed E-state index contributed by atoms with van der Waals surface area (Å²) >= 11 is 0. The maximum absolute atomic E-state index is 10.5. The lowest BCUT2D eigenvalue weighted by Gasteiger charge is -2.02. The third-order valence-electron chi connectivity index (χ3n) is 1.54. The molecule has 1 rings (SSSR count). The van der Waals surface area contributed by atoms with Gasteiger partial charge < -0.3 is 5.11 Å². The number of nitroso groups, excluding NO2 is 1. The quantitative estimate of drug-likeness (QED) is 0.720. The monoisotopic (exact) mass is 183 g/mol. The van der Waals surface area contributed by atoms with Crippen molar-refractivity contribution in [1.29, 1.82) is 0 Å². The van der Waals surface area contributed by atoms with E-state index in [0.717, 1.165) is 0 Å². The third-order valence-corrected chi connectivity index (χ3v) is 1.54. The minimum absolute atomic E-state index is 0.00796. The van der Waals surface area contributed by atoms with Gasteiger partial charge in [-0.05, 0) is 19.0 Å². The van der Waals surface area contributed by atoms with Crippen molar-refractivity contribution in [3.8, 4) is 0 Å². The number of carboxylic acid groups (broad SMARTS) is 1. The highest BCUT2D eigenvalue weighted by Gasteiger charge is 2.17. The zero-order chi connectivity index (χ0) is 10.0. The van der Waals surface area contributed by atoms with E-state index in [1.165, 1.54) is 10.9 Å². The van der Waals surface area contributed by atoms with E-state index >= 15 is 0 Å². The SMILES string of the molecule is CC(C)n1cc(N=O)c(C(=O)O)n1. The van der Waals surface area contributed by atoms with Crippen LogP contribution in [0.15, 0.2) is 11.4 Å². The first-order valence-electron chi connectivity index (χ1n) is 3.72. The Morgan fingerprint density at radius 1 is 1.69 bits per heavy atom. The number of aromatic nitrogens is 2. The lowest BCUT2D eigenvalue weighted by molar-refractivity contribution is 0.0690. The number of rotatable bonds is 3. The predicted molar refractivity (Wildman–Crippen MR) is 45.0 cm³/mol. The Bertz CT molecular complexity index is 343. The number of carbonyl (C=O) groups is 1. The van der Waals surface area contributed by atoms with Crippen LogP contribution in [0.2, 0.25) is 0 Å². The van der Waals surface area contributed by atoms with Crippen LogP contribution < -0.4 is 0 Å². The van der Waals surface area contributed by atoms with Gasteiger partial charge in [0.2, 0.25) is 0 Å². The molecule has 6 heteroatoms. The van der Waals surface area contributed by atoms with Crippen LogP contribution in [0, 0.1) is 4.91 Å². The van der Waals surface area contributed by atoms with Crippen molar-refractivity contribution < 1.29 is 9.90 Å². The van der Waals surface area contributed by atoms with Gasteiger partial charge in [-0.25, -0.2) is 4.79 Å². The Morgan fingerprint density at radius 3 is 2.62 bits per heavy atom. The fraction of sp³-hybridized carbons (Fsp3) is 0.429. The molecule has 0 spiro atoms. The number of hydrogen-bond donors (Lipinski definition) is 1. The standard InChI is InChI=1S/C7H9N3O3/c1-4(2)10-3-5(9-13)6(8-10)7(11)12/h3-4H,1-2H3,(H,11,12). The molecular weight excluding hydrogens is 174 g/mol. The Kier molecular flexibility index (Phi) is 2.41. The van der Waals surface area contributed by atoms with Crippen molar-refractivity contribution in [2.24, 2.45) is 5.18 Å². The molecule has 1 heterocycles. The van der Waals surface area contributed by atoms with Crippen molar-refractivity contribution in [2.45, 2.75) is 19.9 Å². The lowest BCUT2D eigenvalue weighted by atomic mass is 10.4. The molecule has 6 nitrogen and oxygen atoms in total. The first-order chi connectivity index (χ1) is 6.06. The molecule has 0 fully saturated rings. The van der Waals surface area contributed by atoms with Gasteiger partial charge in [-0.15, -0.1) is 4.91 Å². The van der Waals surface area contributed by atoms with Crippen LogP contribution in [0.5, 0.6) is 0 Å². The van der Waals surface area contributed by atoms with Crippen molar-refractivity contribution in [3.63, 3.8) is 0 Å². The molecular formula is C7H9N3O3. The molecule has 0 aromatic carbocycles. The summed E-state index contributed by atoms with van der Waals surface area (Å²) in [6.45, 7) is 3.65. The Hall–Kier alpha value is -1.72. The molecule has 0 bridgehead atoms. The molecule has 0 amide bonds. The van der Waals surface area contributed by atoms with Gasteiger partial charge in [0.25, 0.3) is 0 Å². The van der Waals surface area contributed by atoms with Crippen LogP contribution in [0.1, 0.15) is 30.4 Å². The Labute approximate surface area is 74.1 Å². The summed E-state index contributed by atoms with van der Waals surface area (Å²) in [5, 5.41) is 14.9. The molecule has 70 valence electrons. The van der Waals surface area contributed by atoms with Crippen molar-refractivity contribution in [1.82, 2.24) is 9.78 Å². The van der Waals surface area contributed by atoms with Gasteiger partial charge in [0.15, 0.2) is 11.4 Å². The van der Waals surface area contributed by atoms with Crippen LogP contribution in [0.3, 0.4) is 0 Å². The van der Waals surface area contributed by atoms with E-state index in [2.05, 4.69) is 10.3 Å². The smallest absolute Gasteiger partial charge is 0.358 e. The summed E-state index contributed by atoms with van der Waals surface area (Å²) in [7, 11) is 0. The molecule has 0 aliphatic rings. The summed E-state index contributed by atoms with van der Waals surface area (Å²) in [4.78, 5) is 20.7. The molecule has 0 saturated carbocycles. The molecule has 0 aliphatic heterocycles. The van der Waals surface area contributed by atoms with Gasteiger partial charge in [0.05, 0.1) is 6.20 Å². The van der Waals surface area contributed by atoms with Crippen LogP contribution >= 0.6 is 0 Å².